The lowest BCUT2D eigenvalue weighted by Gasteiger charge is -2.05. The Morgan fingerprint density at radius 2 is 2.11 bits per heavy atom. The van der Waals surface area contributed by atoms with Gasteiger partial charge in [-0.3, -0.25) is 4.79 Å². The molecule has 18 heavy (non-hydrogen) atoms. The first-order chi connectivity index (χ1) is 8.61. The van der Waals surface area contributed by atoms with Crippen LogP contribution in [-0.2, 0) is 4.79 Å². The van der Waals surface area contributed by atoms with Crippen molar-refractivity contribution in [1.82, 2.24) is 9.97 Å². The van der Waals surface area contributed by atoms with Gasteiger partial charge in [0.05, 0.1) is 11.9 Å². The second-order valence-corrected chi connectivity index (χ2v) is 3.99. The summed E-state index contributed by atoms with van der Waals surface area (Å²) in [5.41, 5.74) is 1.46. The van der Waals surface area contributed by atoms with E-state index in [1.807, 2.05) is 0 Å². The molecule has 1 aromatic heterocycles. The molecule has 0 saturated heterocycles. The fraction of sp³-hybridized carbons (Fsp3) is 0.231. The Morgan fingerprint density at radius 3 is 2.67 bits per heavy atom. The first-order valence-electron chi connectivity index (χ1n) is 5.65. The van der Waals surface area contributed by atoms with Crippen LogP contribution in [0.25, 0.3) is 11.3 Å². The van der Waals surface area contributed by atoms with Gasteiger partial charge in [0.15, 0.2) is 0 Å². The van der Waals surface area contributed by atoms with Crippen LogP contribution in [0.4, 0.5) is 4.39 Å². The van der Waals surface area contributed by atoms with Crippen LogP contribution in [0.2, 0.25) is 0 Å². The highest BCUT2D eigenvalue weighted by Crippen LogP contribution is 2.22. The topological polar surface area (TPSA) is 66.0 Å². The first kappa shape index (κ1) is 12.3. The highest BCUT2D eigenvalue weighted by atomic mass is 19.1. The number of aromatic nitrogens is 2. The van der Waals surface area contributed by atoms with Crippen LogP contribution in [0.3, 0.4) is 0 Å². The van der Waals surface area contributed by atoms with Gasteiger partial charge < -0.3 is 10.1 Å². The molecule has 0 fully saturated rings. The Balaban J connectivity index is 2.30. The molecule has 0 aliphatic heterocycles. The lowest BCUT2D eigenvalue weighted by Crippen LogP contribution is -2.11. The number of benzene rings is 1. The zero-order valence-corrected chi connectivity index (χ0v) is 9.85. The summed E-state index contributed by atoms with van der Waals surface area (Å²) in [6.45, 7) is 1.79. The van der Waals surface area contributed by atoms with Crippen LogP contribution in [0, 0.1) is 5.82 Å². The number of aliphatic carboxylic acids is 1. The highest BCUT2D eigenvalue weighted by molar-refractivity contribution is 5.75. The predicted octanol–water partition coefficient (Wildman–Crippen LogP) is 2.79. The van der Waals surface area contributed by atoms with Crippen molar-refractivity contribution in [2.75, 3.05) is 0 Å². The molecule has 0 aliphatic rings. The zero-order chi connectivity index (χ0) is 13.1. The van der Waals surface area contributed by atoms with Crippen molar-refractivity contribution in [3.05, 3.63) is 42.1 Å². The number of imidazole rings is 1. The molecule has 0 spiro atoms. The summed E-state index contributed by atoms with van der Waals surface area (Å²) in [7, 11) is 0. The van der Waals surface area contributed by atoms with Crippen LogP contribution in [-0.4, -0.2) is 21.0 Å². The van der Waals surface area contributed by atoms with Gasteiger partial charge in [0.25, 0.3) is 0 Å². The summed E-state index contributed by atoms with van der Waals surface area (Å²) in [6, 6.07) is 5.94. The van der Waals surface area contributed by atoms with E-state index in [0.29, 0.717) is 17.9 Å². The number of nitrogens with one attached hydrogen (secondary N) is 1. The Hall–Kier alpha value is -2.17. The maximum absolute atomic E-state index is 12.8. The van der Waals surface area contributed by atoms with E-state index < -0.39 is 11.9 Å². The summed E-state index contributed by atoms with van der Waals surface area (Å²) in [5.74, 6) is -1.43. The largest absolute Gasteiger partial charge is 0.481 e. The molecule has 0 saturated carbocycles. The molecule has 1 aromatic carbocycles. The zero-order valence-electron chi connectivity index (χ0n) is 9.85. The number of carboxylic acid groups (broad SMARTS) is 1. The lowest BCUT2D eigenvalue weighted by atomic mass is 10.1. The normalized spacial score (nSPS) is 12.3. The number of halogens is 1. The molecule has 1 unspecified atom stereocenters. The number of rotatable bonds is 4. The van der Waals surface area contributed by atoms with Gasteiger partial charge in [-0.25, -0.2) is 9.37 Å². The molecule has 5 heteroatoms. The van der Waals surface area contributed by atoms with E-state index in [1.165, 1.54) is 12.1 Å². The third-order valence-electron chi connectivity index (χ3n) is 2.79. The minimum absolute atomic E-state index is 0.310. The van der Waals surface area contributed by atoms with E-state index in [2.05, 4.69) is 9.97 Å². The van der Waals surface area contributed by atoms with Gasteiger partial charge in [0.1, 0.15) is 17.6 Å². The number of nitrogens with zero attached hydrogens (tertiary/aromatic N) is 1. The molecule has 0 radical (unpaired) electrons. The van der Waals surface area contributed by atoms with Crippen molar-refractivity contribution in [3.63, 3.8) is 0 Å². The van der Waals surface area contributed by atoms with Gasteiger partial charge >= 0.3 is 5.97 Å². The van der Waals surface area contributed by atoms with Crippen LogP contribution in [0.5, 0.6) is 0 Å². The number of aromatic amines is 1. The average molecular weight is 248 g/mol. The molecule has 0 bridgehead atoms. The second kappa shape index (κ2) is 5.00. The number of hydrogen-bond acceptors (Lipinski definition) is 2. The van der Waals surface area contributed by atoms with Crippen molar-refractivity contribution < 1.29 is 14.3 Å². The number of H-pyrrole nitrogens is 1. The molecule has 1 atom stereocenters. The molecule has 4 nitrogen and oxygen atoms in total. The van der Waals surface area contributed by atoms with Crippen LogP contribution >= 0.6 is 0 Å². The quantitative estimate of drug-likeness (QED) is 0.874. The fourth-order valence-electron chi connectivity index (χ4n) is 1.77. The van der Waals surface area contributed by atoms with Gasteiger partial charge in [-0.1, -0.05) is 6.92 Å². The van der Waals surface area contributed by atoms with E-state index in [0.717, 1.165) is 5.56 Å². The Labute approximate surface area is 103 Å². The molecule has 0 aliphatic carbocycles. The molecule has 2 rings (SSSR count). The third-order valence-corrected chi connectivity index (χ3v) is 2.79. The van der Waals surface area contributed by atoms with Crippen molar-refractivity contribution in [2.24, 2.45) is 0 Å². The highest BCUT2D eigenvalue weighted by Gasteiger charge is 2.20. The lowest BCUT2D eigenvalue weighted by molar-refractivity contribution is -0.139. The van der Waals surface area contributed by atoms with Crippen LogP contribution in [0.15, 0.2) is 30.5 Å². The van der Waals surface area contributed by atoms with E-state index in [-0.39, 0.29) is 5.82 Å². The Kier molecular flexibility index (Phi) is 3.41. The van der Waals surface area contributed by atoms with Crippen molar-refractivity contribution in [3.8, 4) is 11.3 Å². The molecule has 2 N–H and O–H groups in total. The Morgan fingerprint density at radius 1 is 1.44 bits per heavy atom. The standard InChI is InChI=1S/C13H13FN2O2/c1-2-10(13(17)18)12-15-7-11(16-12)8-3-5-9(14)6-4-8/h3-7,10H,2H2,1H3,(H,15,16)(H,17,18). The predicted molar refractivity (Wildman–Crippen MR) is 64.6 cm³/mol. The molecular formula is C13H13FN2O2. The van der Waals surface area contributed by atoms with Crippen LogP contribution in [0.1, 0.15) is 25.1 Å². The number of carboxylic acids is 1. The molecular weight excluding hydrogens is 235 g/mol. The van der Waals surface area contributed by atoms with Crippen molar-refractivity contribution in [1.29, 1.82) is 0 Å². The van der Waals surface area contributed by atoms with E-state index >= 15 is 0 Å². The summed E-state index contributed by atoms with van der Waals surface area (Å²) >= 11 is 0. The monoisotopic (exact) mass is 248 g/mol. The number of carbonyl (C=O) groups is 1. The third kappa shape index (κ3) is 2.40. The van der Waals surface area contributed by atoms with Crippen molar-refractivity contribution in [2.45, 2.75) is 19.3 Å². The summed E-state index contributed by atoms with van der Waals surface area (Å²) in [4.78, 5) is 18.1. The first-order valence-corrected chi connectivity index (χ1v) is 5.65. The minimum atomic E-state index is -0.905. The van der Waals surface area contributed by atoms with E-state index in [9.17, 15) is 9.18 Å². The average Bonchev–Trinajstić information content (AvgIpc) is 2.80. The molecule has 0 amide bonds. The Bertz CT molecular complexity index is 548. The second-order valence-electron chi connectivity index (χ2n) is 3.99. The van der Waals surface area contributed by atoms with E-state index in [1.54, 1.807) is 25.3 Å². The maximum atomic E-state index is 12.8. The summed E-state index contributed by atoms with van der Waals surface area (Å²) < 4.78 is 12.8. The minimum Gasteiger partial charge on any atom is -0.481 e. The van der Waals surface area contributed by atoms with Gasteiger partial charge in [-0.2, -0.15) is 0 Å². The fourth-order valence-corrected chi connectivity index (χ4v) is 1.77. The van der Waals surface area contributed by atoms with Crippen molar-refractivity contribution >= 4 is 5.97 Å². The molecule has 2 aromatic rings. The van der Waals surface area contributed by atoms with Gasteiger partial charge in [-0.15, -0.1) is 0 Å². The molecule has 94 valence electrons. The number of hydrogen-bond donors (Lipinski definition) is 2. The van der Waals surface area contributed by atoms with Gasteiger partial charge in [-0.05, 0) is 36.2 Å². The summed E-state index contributed by atoms with van der Waals surface area (Å²) in [6.07, 6.45) is 2.03. The summed E-state index contributed by atoms with van der Waals surface area (Å²) in [5, 5.41) is 9.03. The smallest absolute Gasteiger partial charge is 0.314 e. The van der Waals surface area contributed by atoms with Gasteiger partial charge in [0, 0.05) is 0 Å². The maximum Gasteiger partial charge on any atom is 0.314 e. The van der Waals surface area contributed by atoms with E-state index in [4.69, 9.17) is 5.11 Å². The SMILES string of the molecule is CCC(C(=O)O)c1ncc(-c2ccc(F)cc2)[nH]1. The van der Waals surface area contributed by atoms with Crippen LogP contribution < -0.4 is 0 Å². The molecule has 1 heterocycles. The van der Waals surface area contributed by atoms with Gasteiger partial charge in [0.2, 0.25) is 0 Å².